The molecule has 7 nitrogen and oxygen atoms in total. The van der Waals surface area contributed by atoms with Gasteiger partial charge in [-0.2, -0.15) is 0 Å². The van der Waals surface area contributed by atoms with Gasteiger partial charge in [-0.25, -0.2) is 4.79 Å². The highest BCUT2D eigenvalue weighted by Crippen LogP contribution is 2.41. The molecule has 2 fully saturated rings. The third kappa shape index (κ3) is 4.80. The topological polar surface area (TPSA) is 88.1 Å². The van der Waals surface area contributed by atoms with E-state index < -0.39 is 18.1 Å². The van der Waals surface area contributed by atoms with Gasteiger partial charge in [0.25, 0.3) is 0 Å². The first kappa shape index (κ1) is 21.9. The molecule has 0 aromatic heterocycles. The van der Waals surface area contributed by atoms with E-state index in [1.165, 1.54) is 0 Å². The van der Waals surface area contributed by atoms with Crippen LogP contribution in [-0.2, 0) is 9.53 Å². The van der Waals surface area contributed by atoms with Crippen molar-refractivity contribution >= 4 is 35.3 Å². The number of amides is 1. The molecule has 2 heterocycles. The summed E-state index contributed by atoms with van der Waals surface area (Å²) in [6.07, 6.45) is 0.0619. The van der Waals surface area contributed by atoms with E-state index in [4.69, 9.17) is 32.7 Å². The summed E-state index contributed by atoms with van der Waals surface area (Å²) in [4.78, 5) is 25.8. The van der Waals surface area contributed by atoms with Crippen LogP contribution in [0.2, 0.25) is 10.0 Å². The SMILES string of the molecule is O=C(O)C1NC(c2ccccc2Cl)CC1c1ccc(OC(=O)N2CCOCC2)c(Cl)c1. The van der Waals surface area contributed by atoms with Gasteiger partial charge in [0.15, 0.2) is 5.75 Å². The van der Waals surface area contributed by atoms with Gasteiger partial charge in [0.2, 0.25) is 0 Å². The normalized spacial score (nSPS) is 23.5. The first-order valence-electron chi connectivity index (χ1n) is 10.0. The molecule has 2 aliphatic rings. The first-order chi connectivity index (χ1) is 14.9. The van der Waals surface area contributed by atoms with Gasteiger partial charge < -0.3 is 19.5 Å². The molecule has 0 bridgehead atoms. The molecule has 2 aliphatic heterocycles. The number of nitrogens with zero attached hydrogens (tertiary/aromatic N) is 1. The van der Waals surface area contributed by atoms with Crippen molar-refractivity contribution in [2.75, 3.05) is 26.3 Å². The van der Waals surface area contributed by atoms with E-state index >= 15 is 0 Å². The van der Waals surface area contributed by atoms with E-state index in [9.17, 15) is 14.7 Å². The minimum absolute atomic E-state index is 0.197. The Balaban J connectivity index is 1.52. The van der Waals surface area contributed by atoms with E-state index in [0.717, 1.165) is 11.1 Å². The molecule has 3 unspecified atom stereocenters. The number of hydrogen-bond donors (Lipinski definition) is 2. The molecule has 0 saturated carbocycles. The Morgan fingerprint density at radius 2 is 1.84 bits per heavy atom. The van der Waals surface area contributed by atoms with Crippen molar-refractivity contribution in [3.63, 3.8) is 0 Å². The summed E-state index contributed by atoms with van der Waals surface area (Å²) >= 11 is 12.7. The average Bonchev–Trinajstić information content (AvgIpc) is 3.21. The number of nitrogens with one attached hydrogen (secondary N) is 1. The molecule has 0 radical (unpaired) electrons. The van der Waals surface area contributed by atoms with Crippen LogP contribution in [0.5, 0.6) is 5.75 Å². The van der Waals surface area contributed by atoms with Crippen molar-refractivity contribution in [3.8, 4) is 5.75 Å². The number of carboxylic acid groups (broad SMARTS) is 1. The molecule has 9 heteroatoms. The van der Waals surface area contributed by atoms with Crippen molar-refractivity contribution in [3.05, 3.63) is 63.6 Å². The summed E-state index contributed by atoms with van der Waals surface area (Å²) < 4.78 is 10.7. The summed E-state index contributed by atoms with van der Waals surface area (Å²) in [5.41, 5.74) is 1.62. The number of hydrogen-bond acceptors (Lipinski definition) is 5. The Bertz CT molecular complexity index is 980. The predicted molar refractivity (Wildman–Crippen MR) is 116 cm³/mol. The smallest absolute Gasteiger partial charge is 0.415 e. The van der Waals surface area contributed by atoms with Gasteiger partial charge in [-0.1, -0.05) is 47.5 Å². The highest BCUT2D eigenvalue weighted by molar-refractivity contribution is 6.32. The maximum Gasteiger partial charge on any atom is 0.415 e. The summed E-state index contributed by atoms with van der Waals surface area (Å²) in [5, 5.41) is 13.8. The zero-order valence-corrected chi connectivity index (χ0v) is 18.1. The lowest BCUT2D eigenvalue weighted by molar-refractivity contribution is -0.139. The second-order valence-corrected chi connectivity index (χ2v) is 8.37. The number of rotatable bonds is 4. The Morgan fingerprint density at radius 1 is 1.10 bits per heavy atom. The van der Waals surface area contributed by atoms with Crippen molar-refractivity contribution < 1.29 is 24.2 Å². The number of halogens is 2. The van der Waals surface area contributed by atoms with Crippen LogP contribution in [0.25, 0.3) is 0 Å². The van der Waals surface area contributed by atoms with Crippen LogP contribution < -0.4 is 10.1 Å². The highest BCUT2D eigenvalue weighted by atomic mass is 35.5. The first-order valence-corrected chi connectivity index (χ1v) is 10.8. The van der Waals surface area contributed by atoms with Gasteiger partial charge in [-0.05, 0) is 35.7 Å². The van der Waals surface area contributed by atoms with E-state index in [1.54, 1.807) is 29.2 Å². The molecule has 4 rings (SSSR count). The average molecular weight is 465 g/mol. The van der Waals surface area contributed by atoms with Gasteiger partial charge in [-0.3, -0.25) is 10.1 Å². The van der Waals surface area contributed by atoms with Crippen LogP contribution in [0.1, 0.15) is 29.5 Å². The summed E-state index contributed by atoms with van der Waals surface area (Å²) in [7, 11) is 0. The number of aliphatic carboxylic acids is 1. The van der Waals surface area contributed by atoms with Gasteiger partial charge in [0.05, 0.1) is 18.2 Å². The Kier molecular flexibility index (Phi) is 6.67. The monoisotopic (exact) mass is 464 g/mol. The third-order valence-corrected chi connectivity index (χ3v) is 6.31. The zero-order valence-electron chi connectivity index (χ0n) is 16.6. The fourth-order valence-electron chi connectivity index (χ4n) is 4.07. The standard InChI is InChI=1S/C22H22Cl2N2O5/c23-16-4-2-1-3-14(16)18-12-15(20(25-18)21(27)28)13-5-6-19(17(24)11-13)31-22(29)26-7-9-30-10-8-26/h1-6,11,15,18,20,25H,7-10,12H2,(H,27,28). The van der Waals surface area contributed by atoms with Crippen LogP contribution in [0.4, 0.5) is 4.79 Å². The molecule has 2 aromatic rings. The van der Waals surface area contributed by atoms with Gasteiger partial charge in [-0.15, -0.1) is 0 Å². The number of morpholine rings is 1. The molecular formula is C22H22Cl2N2O5. The quantitative estimate of drug-likeness (QED) is 0.707. The number of benzene rings is 2. The molecule has 31 heavy (non-hydrogen) atoms. The summed E-state index contributed by atoms with van der Waals surface area (Å²) in [5.74, 6) is -1.03. The molecule has 2 aromatic carbocycles. The molecule has 3 atom stereocenters. The molecular weight excluding hydrogens is 443 g/mol. The van der Waals surface area contributed by atoms with Crippen LogP contribution in [0.3, 0.4) is 0 Å². The molecule has 0 aliphatic carbocycles. The Morgan fingerprint density at radius 3 is 2.52 bits per heavy atom. The molecule has 0 spiro atoms. The Labute approximate surface area is 189 Å². The fourth-order valence-corrected chi connectivity index (χ4v) is 4.57. The third-order valence-electron chi connectivity index (χ3n) is 5.67. The minimum atomic E-state index is -0.946. The van der Waals surface area contributed by atoms with Crippen molar-refractivity contribution in [1.82, 2.24) is 10.2 Å². The number of carbonyl (C=O) groups excluding carboxylic acids is 1. The minimum Gasteiger partial charge on any atom is -0.480 e. The van der Waals surface area contributed by atoms with E-state index in [-0.39, 0.29) is 22.7 Å². The van der Waals surface area contributed by atoms with Crippen LogP contribution in [0.15, 0.2) is 42.5 Å². The molecule has 2 N–H and O–H groups in total. The van der Waals surface area contributed by atoms with Crippen molar-refractivity contribution in [1.29, 1.82) is 0 Å². The predicted octanol–water partition coefficient (Wildman–Crippen LogP) is 4.10. The zero-order chi connectivity index (χ0) is 22.0. The fraction of sp³-hybridized carbons (Fsp3) is 0.364. The summed E-state index contributed by atoms with van der Waals surface area (Å²) in [6.45, 7) is 1.87. The molecule has 1 amide bonds. The van der Waals surface area contributed by atoms with Crippen LogP contribution in [-0.4, -0.2) is 54.4 Å². The number of ether oxygens (including phenoxy) is 2. The lowest BCUT2D eigenvalue weighted by atomic mass is 9.89. The second-order valence-electron chi connectivity index (χ2n) is 7.56. The molecule has 2 saturated heterocycles. The van der Waals surface area contributed by atoms with E-state index in [1.807, 2.05) is 18.2 Å². The maximum atomic E-state index is 12.3. The lowest BCUT2D eigenvalue weighted by Gasteiger charge is -2.26. The van der Waals surface area contributed by atoms with E-state index in [0.29, 0.717) is 37.7 Å². The summed E-state index contributed by atoms with van der Waals surface area (Å²) in [6, 6.07) is 11.4. The van der Waals surface area contributed by atoms with Crippen LogP contribution in [0, 0.1) is 0 Å². The van der Waals surface area contributed by atoms with Gasteiger partial charge >= 0.3 is 12.1 Å². The number of carbonyl (C=O) groups is 2. The van der Waals surface area contributed by atoms with Crippen molar-refractivity contribution in [2.45, 2.75) is 24.4 Å². The van der Waals surface area contributed by atoms with Gasteiger partial charge in [0, 0.05) is 30.1 Å². The van der Waals surface area contributed by atoms with Gasteiger partial charge in [0.1, 0.15) is 6.04 Å². The van der Waals surface area contributed by atoms with Crippen molar-refractivity contribution in [2.24, 2.45) is 0 Å². The lowest BCUT2D eigenvalue weighted by Crippen LogP contribution is -2.42. The number of carboxylic acids is 1. The Hall–Kier alpha value is -2.32. The molecule has 164 valence electrons. The second kappa shape index (κ2) is 9.44. The highest BCUT2D eigenvalue weighted by Gasteiger charge is 2.40. The van der Waals surface area contributed by atoms with E-state index in [2.05, 4.69) is 5.32 Å². The van der Waals surface area contributed by atoms with Crippen LogP contribution >= 0.6 is 23.2 Å². The maximum absolute atomic E-state index is 12.3. The largest absolute Gasteiger partial charge is 0.480 e.